The van der Waals surface area contributed by atoms with E-state index in [-0.39, 0.29) is 58.4 Å². The summed E-state index contributed by atoms with van der Waals surface area (Å²) in [6.45, 7) is 3.47. The molecule has 2 aromatic heterocycles. The molecule has 2 amide bonds. The number of nitrogens with zero attached hydrogens (tertiary/aromatic N) is 4. The van der Waals surface area contributed by atoms with Crippen LogP contribution in [0.4, 0.5) is 26.1 Å². The van der Waals surface area contributed by atoms with Crippen LogP contribution in [0.15, 0.2) is 17.2 Å². The summed E-state index contributed by atoms with van der Waals surface area (Å²) in [5.41, 5.74) is -0.563. The van der Waals surface area contributed by atoms with Crippen molar-refractivity contribution in [3.8, 4) is 0 Å². The van der Waals surface area contributed by atoms with Gasteiger partial charge in [-0.05, 0) is 38.3 Å². The number of aryl methyl sites for hydroxylation is 1. The van der Waals surface area contributed by atoms with Gasteiger partial charge in [-0.15, -0.1) is 0 Å². The lowest BCUT2D eigenvalue weighted by atomic mass is 9.91. The first-order chi connectivity index (χ1) is 17.1. The monoisotopic (exact) mass is 521 g/mol. The quantitative estimate of drug-likeness (QED) is 0.534. The van der Waals surface area contributed by atoms with Crippen LogP contribution in [-0.2, 0) is 10.5 Å². The summed E-state index contributed by atoms with van der Waals surface area (Å²) >= 11 is 6.43. The third-order valence-electron chi connectivity index (χ3n) is 7.05. The minimum Gasteiger partial charge on any atom is -0.334 e. The van der Waals surface area contributed by atoms with Crippen LogP contribution in [0.2, 0.25) is 5.02 Å². The van der Waals surface area contributed by atoms with Gasteiger partial charge in [0.05, 0.1) is 6.54 Å². The number of aromatic nitrogens is 3. The first-order valence-corrected chi connectivity index (χ1v) is 12.2. The molecule has 2 aromatic rings. The van der Waals surface area contributed by atoms with Gasteiger partial charge in [0.1, 0.15) is 28.4 Å². The highest BCUT2D eigenvalue weighted by molar-refractivity contribution is 6.35. The Bertz CT molecular complexity index is 1300. The number of piperidine rings is 1. The lowest BCUT2D eigenvalue weighted by Gasteiger charge is -2.44. The summed E-state index contributed by atoms with van der Waals surface area (Å²) in [7, 11) is 0. The highest BCUT2D eigenvalue weighted by Gasteiger charge is 2.48. The van der Waals surface area contributed by atoms with Gasteiger partial charge in [0.25, 0.3) is 17.9 Å². The fourth-order valence-electron chi connectivity index (χ4n) is 5.12. The second-order valence-corrected chi connectivity index (χ2v) is 10.1. The third-order valence-corrected chi connectivity index (χ3v) is 7.41. The van der Waals surface area contributed by atoms with Gasteiger partial charge in [-0.2, -0.15) is 0 Å². The fourth-order valence-corrected chi connectivity index (χ4v) is 5.31. The topological polar surface area (TPSA) is 121 Å². The second-order valence-electron chi connectivity index (χ2n) is 9.68. The molecule has 2 fully saturated rings. The Kier molecular flexibility index (Phi) is 6.19. The Morgan fingerprint density at radius 1 is 1.31 bits per heavy atom. The van der Waals surface area contributed by atoms with Crippen LogP contribution < -0.4 is 21.5 Å². The van der Waals surface area contributed by atoms with Crippen LogP contribution in [0.25, 0.3) is 0 Å². The number of hydrogen-bond donors (Lipinski definition) is 3. The maximum atomic E-state index is 13.7. The smallest absolute Gasteiger partial charge is 0.276 e. The number of pyridine rings is 1. The zero-order valence-electron chi connectivity index (χ0n) is 19.8. The van der Waals surface area contributed by atoms with E-state index in [4.69, 9.17) is 11.6 Å². The van der Waals surface area contributed by atoms with E-state index in [1.165, 1.54) is 10.9 Å². The summed E-state index contributed by atoms with van der Waals surface area (Å²) in [6.07, 6.45) is 0.991. The number of nitrogens with one attached hydrogen (secondary N) is 3. The van der Waals surface area contributed by atoms with Gasteiger partial charge in [-0.1, -0.05) is 11.6 Å². The predicted octanol–water partition coefficient (Wildman–Crippen LogP) is 2.84. The Hall–Kier alpha value is -3.12. The molecule has 10 nitrogen and oxygen atoms in total. The number of carbonyl (C=O) groups is 2. The van der Waals surface area contributed by atoms with Crippen molar-refractivity contribution in [3.63, 3.8) is 0 Å². The van der Waals surface area contributed by atoms with Crippen LogP contribution in [0, 0.1) is 12.8 Å². The Balaban J connectivity index is 1.48. The molecular formula is C23H26ClF2N7O3. The molecule has 2 aliphatic heterocycles. The van der Waals surface area contributed by atoms with Gasteiger partial charge in [0.15, 0.2) is 11.6 Å². The van der Waals surface area contributed by atoms with Crippen molar-refractivity contribution >= 4 is 40.7 Å². The van der Waals surface area contributed by atoms with Crippen molar-refractivity contribution in [2.24, 2.45) is 5.92 Å². The lowest BCUT2D eigenvalue weighted by Crippen LogP contribution is -2.58. The number of rotatable bonds is 6. The largest absolute Gasteiger partial charge is 0.334 e. The van der Waals surface area contributed by atoms with E-state index in [1.807, 2.05) is 6.92 Å². The van der Waals surface area contributed by atoms with Crippen LogP contribution in [0.5, 0.6) is 0 Å². The Morgan fingerprint density at radius 2 is 2.03 bits per heavy atom. The molecule has 0 bridgehead atoms. The summed E-state index contributed by atoms with van der Waals surface area (Å²) < 4.78 is 27.4. The van der Waals surface area contributed by atoms with Crippen molar-refractivity contribution in [1.29, 1.82) is 0 Å². The van der Waals surface area contributed by atoms with E-state index in [0.29, 0.717) is 24.9 Å². The van der Waals surface area contributed by atoms with E-state index in [9.17, 15) is 23.2 Å². The maximum Gasteiger partial charge on any atom is 0.276 e. The summed E-state index contributed by atoms with van der Waals surface area (Å²) in [5, 5.41) is 8.62. The molecule has 1 aliphatic carbocycles. The molecule has 0 radical (unpaired) electrons. The zero-order valence-corrected chi connectivity index (χ0v) is 20.5. The van der Waals surface area contributed by atoms with E-state index in [0.717, 1.165) is 12.8 Å². The van der Waals surface area contributed by atoms with Gasteiger partial charge < -0.3 is 16.0 Å². The first-order valence-electron chi connectivity index (χ1n) is 11.8. The molecule has 2 atom stereocenters. The number of alkyl halides is 2. The van der Waals surface area contributed by atoms with Gasteiger partial charge >= 0.3 is 0 Å². The van der Waals surface area contributed by atoms with E-state index >= 15 is 0 Å². The highest BCUT2D eigenvalue weighted by Crippen LogP contribution is 2.37. The van der Waals surface area contributed by atoms with Crippen molar-refractivity contribution in [2.75, 3.05) is 23.7 Å². The minimum atomic E-state index is -2.47. The fraction of sp³-hybridized carbons (Fsp3) is 0.522. The van der Waals surface area contributed by atoms with Crippen LogP contribution in [0.3, 0.4) is 0 Å². The number of likely N-dealkylation sites (tertiary alicyclic amines) is 1. The van der Waals surface area contributed by atoms with E-state index in [1.54, 1.807) is 17.9 Å². The molecule has 4 heterocycles. The zero-order chi connectivity index (χ0) is 25.8. The highest BCUT2D eigenvalue weighted by atomic mass is 35.5. The summed E-state index contributed by atoms with van der Waals surface area (Å²) in [6, 6.07) is 1.26. The predicted molar refractivity (Wildman–Crippen MR) is 129 cm³/mol. The average Bonchev–Trinajstić information content (AvgIpc) is 3.61. The Morgan fingerprint density at radius 3 is 2.69 bits per heavy atom. The molecule has 36 heavy (non-hydrogen) atoms. The average molecular weight is 522 g/mol. The second kappa shape index (κ2) is 9.07. The normalized spacial score (nSPS) is 23.6. The van der Waals surface area contributed by atoms with Crippen LogP contribution in [0.1, 0.15) is 48.7 Å². The first kappa shape index (κ1) is 24.6. The van der Waals surface area contributed by atoms with Gasteiger partial charge in [-0.3, -0.25) is 23.9 Å². The van der Waals surface area contributed by atoms with Crippen molar-refractivity contribution < 1.29 is 18.4 Å². The molecule has 1 spiro atoms. The van der Waals surface area contributed by atoms with Gasteiger partial charge in [0, 0.05) is 31.3 Å². The minimum absolute atomic E-state index is 0.0481. The molecule has 5 rings (SSSR count). The molecule has 2 unspecified atom stereocenters. The molecular weight excluding hydrogens is 496 g/mol. The number of fused-ring (bicyclic) bond motifs is 2. The molecule has 3 N–H and O–H groups in total. The van der Waals surface area contributed by atoms with Crippen LogP contribution >= 0.6 is 11.6 Å². The summed E-state index contributed by atoms with van der Waals surface area (Å²) in [4.78, 5) is 48.6. The molecule has 0 aromatic carbocycles. The number of amides is 2. The van der Waals surface area contributed by atoms with Crippen LogP contribution in [-0.4, -0.2) is 56.8 Å². The molecule has 3 aliphatic rings. The SMILES string of the molecule is Cc1cc(Nc2ncnc(NC(=O)C3CC3)c2Cl)c(=O)n2c1C(=O)NC21CCN(CC(F)F)C(C)C1. The standard InChI is InChI=1S/C23H26ClF2N7O3/c1-11-7-14(29-18-16(24)19(28-10-27-18)30-20(34)13-3-4-13)22(36)33-17(11)21(35)31-23(33)5-6-32(9-15(25)26)12(2)8-23/h7,10,12-13,15H,3-6,8-9H2,1-2H3,(H,31,35)(H2,27,28,29,30,34). The number of hydrogen-bond acceptors (Lipinski definition) is 7. The molecule has 1 saturated heterocycles. The molecule has 13 heteroatoms. The Labute approximate surface area is 210 Å². The van der Waals surface area contributed by atoms with Crippen molar-refractivity contribution in [3.05, 3.63) is 39.0 Å². The maximum absolute atomic E-state index is 13.7. The third kappa shape index (κ3) is 4.32. The summed E-state index contributed by atoms with van der Waals surface area (Å²) in [5.74, 6) is -0.337. The van der Waals surface area contributed by atoms with Gasteiger partial charge in [-0.25, -0.2) is 18.7 Å². The number of carbonyl (C=O) groups excluding carboxylic acids is 2. The number of anilines is 3. The van der Waals surface area contributed by atoms with E-state index < -0.39 is 17.6 Å². The van der Waals surface area contributed by atoms with E-state index in [2.05, 4.69) is 25.9 Å². The number of halogens is 3. The van der Waals surface area contributed by atoms with Gasteiger partial charge in [0.2, 0.25) is 5.91 Å². The molecule has 192 valence electrons. The van der Waals surface area contributed by atoms with Crippen molar-refractivity contribution in [2.45, 2.75) is 57.7 Å². The molecule has 1 saturated carbocycles. The lowest BCUT2D eigenvalue weighted by molar-refractivity contribution is -0.117. The van der Waals surface area contributed by atoms with Crippen molar-refractivity contribution in [1.82, 2.24) is 24.8 Å².